The molecule has 1 aromatic heterocycles. The normalized spacial score (nSPS) is 13.1. The average Bonchev–Trinajstić information content (AvgIpc) is 2.57. The molecule has 98 valence electrons. The molecule has 0 saturated carbocycles. The van der Waals surface area contributed by atoms with Crippen molar-refractivity contribution in [3.8, 4) is 0 Å². The van der Waals surface area contributed by atoms with E-state index in [1.807, 2.05) is 0 Å². The summed E-state index contributed by atoms with van der Waals surface area (Å²) in [5.41, 5.74) is 0.503. The summed E-state index contributed by atoms with van der Waals surface area (Å²) in [7, 11) is -4.53. The summed E-state index contributed by atoms with van der Waals surface area (Å²) in [4.78, 5) is 5.92. The van der Waals surface area contributed by atoms with E-state index in [2.05, 4.69) is 9.97 Å². The molecule has 1 heterocycles. The van der Waals surface area contributed by atoms with Crippen molar-refractivity contribution in [3.05, 3.63) is 23.2 Å². The standard InChI is InChI=1S/C9H6ClF3N2O2S/c10-5-1-2-6-7(3-5)15-8(14-6)18(16,17)4-9(11,12)13/h1-3H,4H2,(H,14,15). The van der Waals surface area contributed by atoms with Crippen molar-refractivity contribution in [1.82, 2.24) is 9.97 Å². The summed E-state index contributed by atoms with van der Waals surface area (Å²) < 4.78 is 59.3. The summed E-state index contributed by atoms with van der Waals surface area (Å²) in [5, 5.41) is -0.386. The van der Waals surface area contributed by atoms with Crippen LogP contribution in [0.25, 0.3) is 11.0 Å². The number of hydrogen-bond acceptors (Lipinski definition) is 3. The van der Waals surface area contributed by atoms with Crippen LogP contribution in [-0.2, 0) is 9.84 Å². The summed E-state index contributed by atoms with van der Waals surface area (Å²) in [5.74, 6) is -1.95. The van der Waals surface area contributed by atoms with Crippen LogP contribution < -0.4 is 0 Å². The lowest BCUT2D eigenvalue weighted by Crippen LogP contribution is -2.23. The van der Waals surface area contributed by atoms with Crippen LogP contribution in [-0.4, -0.2) is 30.3 Å². The predicted octanol–water partition coefficient (Wildman–Crippen LogP) is 2.55. The largest absolute Gasteiger partial charge is 0.403 e. The molecule has 0 aliphatic carbocycles. The molecule has 0 amide bonds. The molecule has 0 aliphatic heterocycles. The smallest absolute Gasteiger partial charge is 0.329 e. The number of sulfone groups is 1. The average molecular weight is 299 g/mol. The first-order valence-electron chi connectivity index (χ1n) is 4.62. The minimum absolute atomic E-state index is 0.236. The van der Waals surface area contributed by atoms with Gasteiger partial charge in [-0.1, -0.05) is 11.6 Å². The lowest BCUT2D eigenvalue weighted by molar-refractivity contribution is -0.106. The van der Waals surface area contributed by atoms with Gasteiger partial charge < -0.3 is 4.98 Å². The van der Waals surface area contributed by atoms with E-state index in [0.29, 0.717) is 5.02 Å². The van der Waals surface area contributed by atoms with Gasteiger partial charge >= 0.3 is 6.18 Å². The third-order valence-corrected chi connectivity index (χ3v) is 3.80. The van der Waals surface area contributed by atoms with Crippen LogP contribution in [0.1, 0.15) is 0 Å². The Labute approximate surface area is 105 Å². The number of halogens is 4. The first kappa shape index (κ1) is 13.2. The number of nitrogens with zero attached hydrogens (tertiary/aromatic N) is 1. The quantitative estimate of drug-likeness (QED) is 0.927. The molecular formula is C9H6ClF3N2O2S. The topological polar surface area (TPSA) is 62.8 Å². The fraction of sp³-hybridized carbons (Fsp3) is 0.222. The summed E-state index contributed by atoms with van der Waals surface area (Å²) >= 11 is 5.67. The number of alkyl halides is 3. The second-order valence-corrected chi connectivity index (χ2v) is 5.92. The molecule has 0 unspecified atom stereocenters. The highest BCUT2D eigenvalue weighted by Gasteiger charge is 2.37. The van der Waals surface area contributed by atoms with Crippen LogP contribution in [0.15, 0.2) is 23.4 Å². The number of fused-ring (bicyclic) bond motifs is 1. The lowest BCUT2D eigenvalue weighted by atomic mass is 10.3. The molecule has 4 nitrogen and oxygen atoms in total. The molecule has 9 heteroatoms. The van der Waals surface area contributed by atoms with Crippen LogP contribution in [0.3, 0.4) is 0 Å². The highest BCUT2D eigenvalue weighted by molar-refractivity contribution is 7.91. The van der Waals surface area contributed by atoms with Gasteiger partial charge in [0.25, 0.3) is 0 Å². The third-order valence-electron chi connectivity index (χ3n) is 2.07. The Morgan fingerprint density at radius 1 is 1.33 bits per heavy atom. The van der Waals surface area contributed by atoms with E-state index in [1.54, 1.807) is 0 Å². The molecule has 2 aromatic rings. The molecule has 18 heavy (non-hydrogen) atoms. The first-order chi connectivity index (χ1) is 8.17. The van der Waals surface area contributed by atoms with E-state index in [4.69, 9.17) is 11.6 Å². The molecule has 0 saturated heterocycles. The second-order valence-electron chi connectivity index (χ2n) is 3.58. The molecule has 0 bridgehead atoms. The van der Waals surface area contributed by atoms with Crippen molar-refractivity contribution in [2.45, 2.75) is 11.3 Å². The molecule has 0 radical (unpaired) electrons. The first-order valence-corrected chi connectivity index (χ1v) is 6.65. The molecule has 0 spiro atoms. The fourth-order valence-electron chi connectivity index (χ4n) is 1.39. The van der Waals surface area contributed by atoms with Crippen LogP contribution >= 0.6 is 11.6 Å². The van der Waals surface area contributed by atoms with Crippen molar-refractivity contribution < 1.29 is 21.6 Å². The molecule has 0 aliphatic rings. The minimum atomic E-state index is -4.81. The SMILES string of the molecule is O=S(=O)(CC(F)(F)F)c1nc2ccc(Cl)cc2[nH]1. The van der Waals surface area contributed by atoms with E-state index in [-0.39, 0.29) is 11.0 Å². The van der Waals surface area contributed by atoms with Crippen molar-refractivity contribution in [1.29, 1.82) is 0 Å². The molecule has 0 fully saturated rings. The van der Waals surface area contributed by atoms with Gasteiger partial charge in [0.15, 0.2) is 5.75 Å². The minimum Gasteiger partial charge on any atom is -0.329 e. The zero-order valence-electron chi connectivity index (χ0n) is 8.62. The van der Waals surface area contributed by atoms with E-state index >= 15 is 0 Å². The van der Waals surface area contributed by atoms with Gasteiger partial charge in [-0.25, -0.2) is 13.4 Å². The van der Waals surface area contributed by atoms with Gasteiger partial charge in [-0.3, -0.25) is 0 Å². The molecule has 1 N–H and O–H groups in total. The number of nitrogens with one attached hydrogen (secondary N) is 1. The summed E-state index contributed by atoms with van der Waals surface area (Å²) in [6, 6.07) is 4.27. The molecule has 2 rings (SSSR count). The van der Waals surface area contributed by atoms with Gasteiger partial charge in [-0.15, -0.1) is 0 Å². The van der Waals surface area contributed by atoms with E-state index in [9.17, 15) is 21.6 Å². The van der Waals surface area contributed by atoms with Gasteiger partial charge in [0.2, 0.25) is 15.0 Å². The predicted molar refractivity (Wildman–Crippen MR) is 59.2 cm³/mol. The van der Waals surface area contributed by atoms with Crippen molar-refractivity contribution in [2.24, 2.45) is 0 Å². The third kappa shape index (κ3) is 2.75. The van der Waals surface area contributed by atoms with Gasteiger partial charge in [-0.2, -0.15) is 13.2 Å². The van der Waals surface area contributed by atoms with E-state index < -0.39 is 26.9 Å². The Morgan fingerprint density at radius 3 is 2.61 bits per heavy atom. The Kier molecular flexibility index (Phi) is 3.02. The van der Waals surface area contributed by atoms with Gasteiger partial charge in [0.1, 0.15) is 0 Å². The Morgan fingerprint density at radius 2 is 2.00 bits per heavy atom. The van der Waals surface area contributed by atoms with Crippen molar-refractivity contribution in [3.63, 3.8) is 0 Å². The number of H-pyrrole nitrogens is 1. The van der Waals surface area contributed by atoms with E-state index in [1.165, 1.54) is 18.2 Å². The Balaban J connectivity index is 2.48. The fourth-order valence-corrected chi connectivity index (χ4v) is 2.63. The number of imidazole rings is 1. The van der Waals surface area contributed by atoms with Crippen molar-refractivity contribution in [2.75, 3.05) is 5.75 Å². The Hall–Kier alpha value is -1.28. The number of hydrogen-bond donors (Lipinski definition) is 1. The van der Waals surface area contributed by atoms with Gasteiger partial charge in [-0.05, 0) is 18.2 Å². The van der Waals surface area contributed by atoms with Crippen LogP contribution in [0.5, 0.6) is 0 Å². The van der Waals surface area contributed by atoms with Crippen LogP contribution in [0.4, 0.5) is 13.2 Å². The highest BCUT2D eigenvalue weighted by Crippen LogP contribution is 2.23. The van der Waals surface area contributed by atoms with Crippen molar-refractivity contribution >= 4 is 32.5 Å². The molecular weight excluding hydrogens is 293 g/mol. The number of aromatic amines is 1. The monoisotopic (exact) mass is 298 g/mol. The maximum atomic E-state index is 12.1. The lowest BCUT2D eigenvalue weighted by Gasteiger charge is -2.04. The second kappa shape index (κ2) is 4.13. The zero-order chi connectivity index (χ0) is 13.6. The maximum Gasteiger partial charge on any atom is 0.403 e. The number of aromatic nitrogens is 2. The summed E-state index contributed by atoms with van der Waals surface area (Å²) in [6.07, 6.45) is -4.81. The maximum absolute atomic E-state index is 12.1. The van der Waals surface area contributed by atoms with Gasteiger partial charge in [0, 0.05) is 5.02 Å². The molecule has 0 atom stereocenters. The van der Waals surface area contributed by atoms with Crippen LogP contribution in [0, 0.1) is 0 Å². The van der Waals surface area contributed by atoms with E-state index in [0.717, 1.165) is 0 Å². The Bertz CT molecular complexity index is 693. The van der Waals surface area contributed by atoms with Gasteiger partial charge in [0.05, 0.1) is 11.0 Å². The highest BCUT2D eigenvalue weighted by atomic mass is 35.5. The number of benzene rings is 1. The van der Waals surface area contributed by atoms with Crippen LogP contribution in [0.2, 0.25) is 5.02 Å². The number of rotatable bonds is 2. The molecule has 1 aromatic carbocycles. The zero-order valence-corrected chi connectivity index (χ0v) is 10.2. The summed E-state index contributed by atoms with van der Waals surface area (Å²) in [6.45, 7) is 0.